The number of nitrogens with zero attached hydrogens (tertiary/aromatic N) is 2. The molecule has 0 saturated carbocycles. The second-order valence-corrected chi connectivity index (χ2v) is 4.92. The predicted molar refractivity (Wildman–Crippen MR) is 65.7 cm³/mol. The van der Waals surface area contributed by atoms with Crippen LogP contribution in [0.15, 0.2) is 6.07 Å². The topological polar surface area (TPSA) is 35.0 Å². The fourth-order valence-electron chi connectivity index (χ4n) is 1.55. The molecule has 1 heterocycles. The summed E-state index contributed by atoms with van der Waals surface area (Å²) in [6.07, 6.45) is -0.101. The van der Waals surface area contributed by atoms with E-state index in [4.69, 9.17) is 16.3 Å². The van der Waals surface area contributed by atoms with Crippen molar-refractivity contribution in [3.8, 4) is 0 Å². The molecule has 0 aliphatic rings. The Morgan fingerprint density at radius 2 is 1.81 bits per heavy atom. The quantitative estimate of drug-likeness (QED) is 0.757. The van der Waals surface area contributed by atoms with Gasteiger partial charge in [0.1, 0.15) is 11.3 Å². The first kappa shape index (κ1) is 13.4. The highest BCUT2D eigenvalue weighted by atomic mass is 35.5. The van der Waals surface area contributed by atoms with E-state index in [9.17, 15) is 0 Å². The van der Waals surface area contributed by atoms with Gasteiger partial charge in [0.15, 0.2) is 5.82 Å². The van der Waals surface area contributed by atoms with Crippen LogP contribution in [0, 0.1) is 5.92 Å². The molecule has 1 rings (SSSR count). The minimum Gasteiger partial charge on any atom is -0.373 e. The van der Waals surface area contributed by atoms with Crippen molar-refractivity contribution in [1.82, 2.24) is 9.97 Å². The van der Waals surface area contributed by atoms with Gasteiger partial charge in [-0.1, -0.05) is 39.3 Å². The number of rotatable bonds is 4. The van der Waals surface area contributed by atoms with Crippen molar-refractivity contribution < 1.29 is 4.74 Å². The summed E-state index contributed by atoms with van der Waals surface area (Å²) in [5.74, 6) is 1.33. The van der Waals surface area contributed by atoms with E-state index in [1.807, 2.05) is 6.07 Å². The molecule has 0 N–H and O–H groups in total. The molecule has 3 nitrogen and oxygen atoms in total. The van der Waals surface area contributed by atoms with Crippen LogP contribution in [0.1, 0.15) is 51.2 Å². The average Bonchev–Trinajstić information content (AvgIpc) is 2.17. The van der Waals surface area contributed by atoms with Gasteiger partial charge < -0.3 is 4.74 Å². The van der Waals surface area contributed by atoms with Crippen molar-refractivity contribution in [2.75, 3.05) is 7.11 Å². The summed E-state index contributed by atoms with van der Waals surface area (Å²) in [4.78, 5) is 8.74. The van der Waals surface area contributed by atoms with Gasteiger partial charge >= 0.3 is 0 Å². The van der Waals surface area contributed by atoms with Crippen LogP contribution in [-0.2, 0) is 4.74 Å². The van der Waals surface area contributed by atoms with E-state index < -0.39 is 0 Å². The first-order valence-corrected chi connectivity index (χ1v) is 5.90. The number of halogens is 1. The first-order valence-electron chi connectivity index (χ1n) is 5.52. The van der Waals surface area contributed by atoms with Crippen LogP contribution in [0.2, 0.25) is 5.15 Å². The Hall–Kier alpha value is -0.670. The van der Waals surface area contributed by atoms with Gasteiger partial charge in [-0.25, -0.2) is 9.97 Å². The van der Waals surface area contributed by atoms with E-state index >= 15 is 0 Å². The molecule has 90 valence electrons. The SMILES string of the molecule is COC(c1nc(Cl)cc(C(C)C)n1)C(C)C. The molecule has 0 aliphatic carbocycles. The summed E-state index contributed by atoms with van der Waals surface area (Å²) in [5, 5.41) is 0.483. The van der Waals surface area contributed by atoms with Gasteiger partial charge in [-0.3, -0.25) is 0 Å². The van der Waals surface area contributed by atoms with Gasteiger partial charge in [0.25, 0.3) is 0 Å². The second-order valence-electron chi connectivity index (χ2n) is 4.53. The van der Waals surface area contributed by atoms with E-state index in [2.05, 4.69) is 37.7 Å². The highest BCUT2D eigenvalue weighted by Gasteiger charge is 2.19. The number of ether oxygens (including phenoxy) is 1. The number of methoxy groups -OCH3 is 1. The molecule has 1 unspecified atom stereocenters. The zero-order valence-electron chi connectivity index (χ0n) is 10.5. The highest BCUT2D eigenvalue weighted by Crippen LogP contribution is 2.25. The Morgan fingerprint density at radius 3 is 2.25 bits per heavy atom. The lowest BCUT2D eigenvalue weighted by atomic mass is 10.1. The lowest BCUT2D eigenvalue weighted by Crippen LogP contribution is -2.14. The van der Waals surface area contributed by atoms with Crippen molar-refractivity contribution in [2.45, 2.75) is 39.7 Å². The van der Waals surface area contributed by atoms with Crippen molar-refractivity contribution >= 4 is 11.6 Å². The largest absolute Gasteiger partial charge is 0.373 e. The van der Waals surface area contributed by atoms with Crippen LogP contribution in [0.3, 0.4) is 0 Å². The van der Waals surface area contributed by atoms with Gasteiger partial charge in [0.2, 0.25) is 0 Å². The van der Waals surface area contributed by atoms with Gasteiger partial charge in [-0.15, -0.1) is 0 Å². The minimum absolute atomic E-state index is 0.101. The molecule has 0 fully saturated rings. The van der Waals surface area contributed by atoms with Crippen LogP contribution in [0.4, 0.5) is 0 Å². The second kappa shape index (κ2) is 5.60. The molecule has 0 aromatic carbocycles. The minimum atomic E-state index is -0.101. The molecule has 16 heavy (non-hydrogen) atoms. The van der Waals surface area contributed by atoms with E-state index in [1.54, 1.807) is 7.11 Å². The van der Waals surface area contributed by atoms with Gasteiger partial charge in [-0.05, 0) is 17.9 Å². The Labute approximate surface area is 102 Å². The Kier molecular flexibility index (Phi) is 4.69. The maximum Gasteiger partial charge on any atom is 0.159 e. The van der Waals surface area contributed by atoms with Crippen LogP contribution in [-0.4, -0.2) is 17.1 Å². The van der Waals surface area contributed by atoms with E-state index in [-0.39, 0.29) is 6.10 Å². The summed E-state index contributed by atoms with van der Waals surface area (Å²) < 4.78 is 5.40. The van der Waals surface area contributed by atoms with Gasteiger partial charge in [-0.2, -0.15) is 0 Å². The monoisotopic (exact) mass is 242 g/mol. The van der Waals surface area contributed by atoms with Gasteiger partial charge in [0, 0.05) is 12.8 Å². The van der Waals surface area contributed by atoms with Crippen molar-refractivity contribution in [3.05, 3.63) is 22.7 Å². The molecular formula is C12H19ClN2O. The van der Waals surface area contributed by atoms with Crippen LogP contribution < -0.4 is 0 Å². The molecule has 0 spiro atoms. The molecule has 0 amide bonds. The lowest BCUT2D eigenvalue weighted by molar-refractivity contribution is 0.0572. The summed E-state index contributed by atoms with van der Waals surface area (Å²) in [5.41, 5.74) is 0.956. The summed E-state index contributed by atoms with van der Waals surface area (Å²) >= 11 is 5.99. The van der Waals surface area contributed by atoms with Crippen molar-refractivity contribution in [2.24, 2.45) is 5.92 Å². The Bertz CT molecular complexity index is 353. The fraction of sp³-hybridized carbons (Fsp3) is 0.667. The molecular weight excluding hydrogens is 224 g/mol. The average molecular weight is 243 g/mol. The van der Waals surface area contributed by atoms with Crippen molar-refractivity contribution in [1.29, 1.82) is 0 Å². The summed E-state index contributed by atoms with van der Waals surface area (Å²) in [7, 11) is 1.67. The van der Waals surface area contributed by atoms with E-state index in [1.165, 1.54) is 0 Å². The Morgan fingerprint density at radius 1 is 1.19 bits per heavy atom. The van der Waals surface area contributed by atoms with Gasteiger partial charge in [0.05, 0.1) is 0 Å². The molecule has 1 aromatic heterocycles. The van der Waals surface area contributed by atoms with Crippen LogP contribution >= 0.6 is 11.6 Å². The van der Waals surface area contributed by atoms with Crippen LogP contribution in [0.5, 0.6) is 0 Å². The molecule has 0 aliphatic heterocycles. The standard InChI is InChI=1S/C12H19ClN2O/c1-7(2)9-6-10(13)15-12(14-9)11(16-5)8(3)4/h6-8,11H,1-5H3. The normalized spacial score (nSPS) is 13.5. The zero-order chi connectivity index (χ0) is 12.3. The van der Waals surface area contributed by atoms with E-state index in [0.717, 1.165) is 5.69 Å². The third-order valence-corrected chi connectivity index (χ3v) is 2.63. The third-order valence-electron chi connectivity index (χ3n) is 2.44. The number of hydrogen-bond acceptors (Lipinski definition) is 3. The first-order chi connectivity index (χ1) is 7.45. The third kappa shape index (κ3) is 3.16. The Balaban J connectivity index is 3.12. The highest BCUT2D eigenvalue weighted by molar-refractivity contribution is 6.29. The maximum atomic E-state index is 5.99. The molecule has 4 heteroatoms. The molecule has 0 bridgehead atoms. The molecule has 1 aromatic rings. The maximum absolute atomic E-state index is 5.99. The number of hydrogen-bond donors (Lipinski definition) is 0. The summed E-state index contributed by atoms with van der Waals surface area (Å²) in [6.45, 7) is 8.32. The molecule has 0 saturated heterocycles. The fourth-order valence-corrected chi connectivity index (χ4v) is 1.75. The smallest absolute Gasteiger partial charge is 0.159 e. The molecule has 1 atom stereocenters. The van der Waals surface area contributed by atoms with Crippen LogP contribution in [0.25, 0.3) is 0 Å². The summed E-state index contributed by atoms with van der Waals surface area (Å²) in [6, 6.07) is 1.81. The zero-order valence-corrected chi connectivity index (χ0v) is 11.2. The predicted octanol–water partition coefficient (Wildman–Crippen LogP) is 3.60. The van der Waals surface area contributed by atoms with E-state index in [0.29, 0.717) is 22.8 Å². The molecule has 0 radical (unpaired) electrons. The number of aromatic nitrogens is 2. The van der Waals surface area contributed by atoms with Crippen molar-refractivity contribution in [3.63, 3.8) is 0 Å². The lowest BCUT2D eigenvalue weighted by Gasteiger charge is -2.19.